The molecule has 1 aromatic heterocycles. The molecule has 1 aliphatic carbocycles. The predicted molar refractivity (Wildman–Crippen MR) is 179 cm³/mol. The van der Waals surface area contributed by atoms with Crippen molar-refractivity contribution in [2.24, 2.45) is 5.41 Å². The molecule has 1 N–H and O–H groups in total. The summed E-state index contributed by atoms with van der Waals surface area (Å²) < 4.78 is -0.166. The number of benzene rings is 3. The van der Waals surface area contributed by atoms with Crippen LogP contribution in [-0.2, 0) is 21.6 Å². The van der Waals surface area contributed by atoms with Gasteiger partial charge in [0.15, 0.2) is 0 Å². The van der Waals surface area contributed by atoms with E-state index < -0.39 is 5.60 Å². The number of thioether (sulfide) groups is 1. The van der Waals surface area contributed by atoms with Crippen molar-refractivity contribution in [1.82, 2.24) is 4.98 Å². The van der Waals surface area contributed by atoms with Crippen LogP contribution in [0, 0.1) is 5.41 Å². The minimum absolute atomic E-state index is 0.144. The highest BCUT2D eigenvalue weighted by atomic mass is 35.5. The van der Waals surface area contributed by atoms with Crippen molar-refractivity contribution in [3.8, 4) is 0 Å². The van der Waals surface area contributed by atoms with E-state index in [-0.39, 0.29) is 15.9 Å². The summed E-state index contributed by atoms with van der Waals surface area (Å²) in [5.74, 6) is 1.26. The van der Waals surface area contributed by atoms with Gasteiger partial charge in [0.25, 0.3) is 0 Å². The Hall–Kier alpha value is -2.92. The van der Waals surface area contributed by atoms with Crippen LogP contribution in [0.1, 0.15) is 81.3 Å². The number of aliphatic hydroxyl groups is 1. The molecule has 4 aromatic rings. The summed E-state index contributed by atoms with van der Waals surface area (Å²) in [6, 6.07) is 26.9. The Morgan fingerprint density at radius 2 is 1.76 bits per heavy atom. The molecule has 218 valence electrons. The van der Waals surface area contributed by atoms with Gasteiger partial charge in [0.1, 0.15) is 5.78 Å². The molecule has 3 aromatic carbocycles. The van der Waals surface area contributed by atoms with Crippen molar-refractivity contribution in [2.75, 3.05) is 5.75 Å². The van der Waals surface area contributed by atoms with Gasteiger partial charge in [-0.15, -0.1) is 0 Å². The van der Waals surface area contributed by atoms with Crippen LogP contribution in [-0.4, -0.2) is 21.6 Å². The van der Waals surface area contributed by atoms with Crippen LogP contribution in [0.25, 0.3) is 23.1 Å². The van der Waals surface area contributed by atoms with Gasteiger partial charge >= 0.3 is 0 Å². The third-order valence-corrected chi connectivity index (χ3v) is 10.5. The fourth-order valence-corrected chi connectivity index (χ4v) is 7.47. The molecule has 0 saturated heterocycles. The Balaban J connectivity index is 1.42. The second-order valence-corrected chi connectivity index (χ2v) is 14.6. The van der Waals surface area contributed by atoms with E-state index in [1.807, 2.05) is 62.0 Å². The third-order valence-electron chi connectivity index (χ3n) is 8.45. The number of rotatable bonds is 12. The average molecular weight is 598 g/mol. The van der Waals surface area contributed by atoms with Crippen LogP contribution >= 0.6 is 23.4 Å². The molecule has 1 heterocycles. The number of aryl methyl sites for hydroxylation is 1. The molecule has 1 fully saturated rings. The lowest BCUT2D eigenvalue weighted by atomic mass is 9.87. The predicted octanol–water partition coefficient (Wildman–Crippen LogP) is 9.63. The van der Waals surface area contributed by atoms with Crippen molar-refractivity contribution in [3.63, 3.8) is 0 Å². The fourth-order valence-electron chi connectivity index (χ4n) is 5.75. The molecule has 0 spiro atoms. The molecule has 1 saturated carbocycles. The molecular formula is C37H40ClNO2S. The first-order valence-corrected chi connectivity index (χ1v) is 16.1. The fraction of sp³-hybridized carbons (Fsp3) is 0.351. The van der Waals surface area contributed by atoms with Crippen LogP contribution in [0.5, 0.6) is 0 Å². The molecule has 0 radical (unpaired) electrons. The zero-order valence-corrected chi connectivity index (χ0v) is 26.6. The molecular weight excluding hydrogens is 558 g/mol. The molecule has 0 bridgehead atoms. The SMILES string of the molecule is CC(=O)CC1(CSC(C)(CCc2ccccc2C(C)(C)O)c2cccc(C=Cc3ccc4ccc(Cl)cc4n3)c2)CC1. The summed E-state index contributed by atoms with van der Waals surface area (Å²) in [7, 11) is 0. The van der Waals surface area contributed by atoms with Crippen LogP contribution in [0.15, 0.2) is 78.9 Å². The second-order valence-electron chi connectivity index (χ2n) is 12.6. The maximum absolute atomic E-state index is 12.0. The summed E-state index contributed by atoms with van der Waals surface area (Å²) in [5.41, 5.74) is 5.57. The summed E-state index contributed by atoms with van der Waals surface area (Å²) in [4.78, 5) is 16.8. The Morgan fingerprint density at radius 1 is 1.00 bits per heavy atom. The first-order valence-electron chi connectivity index (χ1n) is 14.7. The topological polar surface area (TPSA) is 50.2 Å². The molecule has 1 unspecified atom stereocenters. The minimum Gasteiger partial charge on any atom is -0.386 e. The number of pyridine rings is 1. The first kappa shape index (κ1) is 30.5. The highest BCUT2D eigenvalue weighted by Crippen LogP contribution is 2.55. The average Bonchev–Trinajstić information content (AvgIpc) is 3.72. The van der Waals surface area contributed by atoms with Crippen molar-refractivity contribution in [3.05, 3.63) is 112 Å². The first-order chi connectivity index (χ1) is 19.9. The van der Waals surface area contributed by atoms with E-state index in [2.05, 4.69) is 61.5 Å². The van der Waals surface area contributed by atoms with Gasteiger partial charge in [0.2, 0.25) is 0 Å². The lowest BCUT2D eigenvalue weighted by Crippen LogP contribution is -2.24. The smallest absolute Gasteiger partial charge is 0.130 e. The molecule has 0 aliphatic heterocycles. The van der Waals surface area contributed by atoms with Gasteiger partial charge in [-0.1, -0.05) is 78.3 Å². The lowest BCUT2D eigenvalue weighted by Gasteiger charge is -2.33. The molecule has 1 atom stereocenters. The number of fused-ring (bicyclic) bond motifs is 1. The van der Waals surface area contributed by atoms with Gasteiger partial charge in [-0.25, -0.2) is 4.98 Å². The highest BCUT2D eigenvalue weighted by molar-refractivity contribution is 8.00. The van der Waals surface area contributed by atoms with Gasteiger partial charge in [0.05, 0.1) is 16.8 Å². The number of halogens is 1. The quantitative estimate of drug-likeness (QED) is 0.177. The van der Waals surface area contributed by atoms with E-state index in [4.69, 9.17) is 16.6 Å². The normalized spacial score (nSPS) is 16.0. The Bertz CT molecular complexity index is 1620. The van der Waals surface area contributed by atoms with Crippen molar-refractivity contribution < 1.29 is 9.90 Å². The number of hydrogen-bond donors (Lipinski definition) is 1. The summed E-state index contributed by atoms with van der Waals surface area (Å²) in [6.45, 7) is 7.76. The van der Waals surface area contributed by atoms with Gasteiger partial charge < -0.3 is 9.90 Å². The highest BCUT2D eigenvalue weighted by Gasteiger charge is 2.45. The molecule has 5 heteroatoms. The number of hydrogen-bond acceptors (Lipinski definition) is 4. The van der Waals surface area contributed by atoms with E-state index in [9.17, 15) is 9.90 Å². The van der Waals surface area contributed by atoms with Crippen molar-refractivity contribution >= 4 is 52.2 Å². The number of ketones is 1. The molecule has 42 heavy (non-hydrogen) atoms. The van der Waals surface area contributed by atoms with Gasteiger partial charge in [-0.05, 0) is 105 Å². The number of Topliss-reactive ketones (excluding diaryl/α,β-unsaturated/α-hetero) is 1. The summed E-state index contributed by atoms with van der Waals surface area (Å²) in [5, 5.41) is 12.6. The second kappa shape index (κ2) is 12.4. The molecule has 5 rings (SSSR count). The number of carbonyl (C=O) groups excluding carboxylic acids is 1. The zero-order valence-electron chi connectivity index (χ0n) is 25.0. The monoisotopic (exact) mass is 597 g/mol. The van der Waals surface area contributed by atoms with E-state index in [1.165, 1.54) is 11.1 Å². The van der Waals surface area contributed by atoms with Crippen LogP contribution in [0.2, 0.25) is 5.02 Å². The van der Waals surface area contributed by atoms with Gasteiger partial charge in [-0.3, -0.25) is 0 Å². The minimum atomic E-state index is -0.896. The van der Waals surface area contributed by atoms with Gasteiger partial charge in [0, 0.05) is 27.3 Å². The van der Waals surface area contributed by atoms with E-state index in [1.54, 1.807) is 6.92 Å². The van der Waals surface area contributed by atoms with Crippen LogP contribution < -0.4 is 0 Å². The standard InChI is InChI=1S/C37H40ClNO2S/c1-26(40)24-37(20-21-37)25-42-36(4,19-18-28-9-5-6-11-33(28)35(2,3)41)30-10-7-8-27(22-30)12-16-32-17-14-29-13-15-31(38)23-34(29)39-32/h5-17,22-23,41H,18-21,24-25H2,1-4H3. The molecule has 0 amide bonds. The van der Waals surface area contributed by atoms with Crippen molar-refractivity contribution in [1.29, 1.82) is 0 Å². The zero-order chi connectivity index (χ0) is 30.0. The lowest BCUT2D eigenvalue weighted by molar-refractivity contribution is -0.118. The maximum atomic E-state index is 12.0. The van der Waals surface area contributed by atoms with E-state index >= 15 is 0 Å². The number of aromatic nitrogens is 1. The summed E-state index contributed by atoms with van der Waals surface area (Å²) >= 11 is 8.18. The van der Waals surface area contributed by atoms with Gasteiger partial charge in [-0.2, -0.15) is 11.8 Å². The Kier molecular flexibility index (Phi) is 8.99. The Labute approximate surface area is 259 Å². The summed E-state index contributed by atoms with van der Waals surface area (Å²) in [6.07, 6.45) is 8.87. The maximum Gasteiger partial charge on any atom is 0.130 e. The molecule has 1 aliphatic rings. The van der Waals surface area contributed by atoms with Crippen LogP contribution in [0.3, 0.4) is 0 Å². The number of nitrogens with zero attached hydrogens (tertiary/aromatic N) is 1. The van der Waals surface area contributed by atoms with E-state index in [0.717, 1.165) is 59.2 Å². The molecule has 3 nitrogen and oxygen atoms in total. The number of carbonyl (C=O) groups is 1. The van der Waals surface area contributed by atoms with Crippen LogP contribution in [0.4, 0.5) is 0 Å². The van der Waals surface area contributed by atoms with Crippen molar-refractivity contribution in [2.45, 2.75) is 70.1 Å². The third kappa shape index (κ3) is 7.53. The Morgan fingerprint density at radius 3 is 2.50 bits per heavy atom. The largest absolute Gasteiger partial charge is 0.386 e. The van der Waals surface area contributed by atoms with E-state index in [0.29, 0.717) is 11.4 Å².